The Kier molecular flexibility index (Phi) is 4.32. The van der Waals surface area contributed by atoms with E-state index in [9.17, 15) is 23.5 Å². The van der Waals surface area contributed by atoms with Crippen LogP contribution in [-0.2, 0) is 6.42 Å². The standard InChI is InChI=1S/C24H24F2N2O4/c1-23(2,3)19-9-14-13-5-4-6-16(27-8-7-24(25,26)12-27)20(13)32-21(14)17-10-18(29)15(22(30)31)11-28(17)19/h4-6,10-11,19H,7-9,12H2,1-3H3,(H,30,31). The van der Waals surface area contributed by atoms with E-state index in [1.807, 2.05) is 16.7 Å². The molecule has 0 radical (unpaired) electrons. The van der Waals surface area contributed by atoms with Gasteiger partial charge in [-0.25, -0.2) is 13.6 Å². The first kappa shape index (κ1) is 20.7. The largest absolute Gasteiger partial charge is 0.477 e. The summed E-state index contributed by atoms with van der Waals surface area (Å²) in [6.45, 7) is 6.06. The van der Waals surface area contributed by atoms with Crippen LogP contribution in [0.4, 0.5) is 14.5 Å². The van der Waals surface area contributed by atoms with Crippen LogP contribution in [0.25, 0.3) is 22.4 Å². The third-order valence-corrected chi connectivity index (χ3v) is 6.58. The van der Waals surface area contributed by atoms with Crippen molar-refractivity contribution < 1.29 is 23.1 Å². The lowest BCUT2D eigenvalue weighted by Crippen LogP contribution is -2.32. The number of aromatic carboxylic acids is 1. The minimum Gasteiger partial charge on any atom is -0.477 e. The summed E-state index contributed by atoms with van der Waals surface area (Å²) in [7, 11) is 0. The highest BCUT2D eigenvalue weighted by Gasteiger charge is 2.40. The summed E-state index contributed by atoms with van der Waals surface area (Å²) >= 11 is 0. The number of anilines is 1. The molecule has 5 rings (SSSR count). The molecule has 1 fully saturated rings. The molecule has 8 heteroatoms. The highest BCUT2D eigenvalue weighted by atomic mass is 19.3. The molecule has 2 aromatic heterocycles. The summed E-state index contributed by atoms with van der Waals surface area (Å²) in [6, 6.07) is 6.72. The van der Waals surface area contributed by atoms with Gasteiger partial charge in [0.15, 0.2) is 16.8 Å². The number of hydrogen-bond donors (Lipinski definition) is 1. The number of carboxylic acids is 1. The SMILES string of the molecule is CC(C)(C)C1Cc2c(oc3c(N4CCC(F)(F)C4)cccc23)-c2cc(=O)c(C(=O)O)cn21. The lowest BCUT2D eigenvalue weighted by Gasteiger charge is -2.37. The van der Waals surface area contributed by atoms with E-state index < -0.39 is 17.3 Å². The number of para-hydroxylation sites is 1. The molecule has 1 N–H and O–H groups in total. The van der Waals surface area contributed by atoms with E-state index in [2.05, 4.69) is 20.8 Å². The Morgan fingerprint density at radius 2 is 2.03 bits per heavy atom. The van der Waals surface area contributed by atoms with Crippen LogP contribution in [-0.4, -0.2) is 34.7 Å². The normalized spacial score (nSPS) is 19.8. The molecule has 1 aromatic carbocycles. The molecule has 2 aliphatic heterocycles. The first-order chi connectivity index (χ1) is 15.0. The lowest BCUT2D eigenvalue weighted by atomic mass is 9.80. The Hall–Kier alpha value is -3.16. The van der Waals surface area contributed by atoms with Crippen LogP contribution in [0.2, 0.25) is 0 Å². The molecule has 4 heterocycles. The number of furan rings is 1. The number of fused-ring (bicyclic) bond motifs is 5. The summed E-state index contributed by atoms with van der Waals surface area (Å²) < 4.78 is 35.8. The smallest absolute Gasteiger partial charge is 0.341 e. The Labute approximate surface area is 183 Å². The monoisotopic (exact) mass is 442 g/mol. The summed E-state index contributed by atoms with van der Waals surface area (Å²) in [5.41, 5.74) is 1.43. The second-order valence-electron chi connectivity index (χ2n) is 9.83. The van der Waals surface area contributed by atoms with Crippen LogP contribution >= 0.6 is 0 Å². The first-order valence-electron chi connectivity index (χ1n) is 10.6. The fourth-order valence-electron chi connectivity index (χ4n) is 4.92. The first-order valence-corrected chi connectivity index (χ1v) is 10.6. The van der Waals surface area contributed by atoms with Crippen LogP contribution < -0.4 is 10.3 Å². The molecule has 1 atom stereocenters. The van der Waals surface area contributed by atoms with Crippen LogP contribution in [0, 0.1) is 5.41 Å². The zero-order chi connectivity index (χ0) is 23.0. The van der Waals surface area contributed by atoms with Crippen molar-refractivity contribution in [1.82, 2.24) is 4.57 Å². The molecule has 2 aliphatic rings. The fourth-order valence-corrected chi connectivity index (χ4v) is 4.92. The summed E-state index contributed by atoms with van der Waals surface area (Å²) in [5.74, 6) is -3.52. The number of carbonyl (C=O) groups is 1. The third kappa shape index (κ3) is 3.12. The topological polar surface area (TPSA) is 75.7 Å². The number of rotatable bonds is 2. The van der Waals surface area contributed by atoms with Crippen molar-refractivity contribution >= 4 is 22.6 Å². The van der Waals surface area contributed by atoms with Gasteiger partial charge in [-0.15, -0.1) is 0 Å². The lowest BCUT2D eigenvalue weighted by molar-refractivity contribution is 0.0257. The van der Waals surface area contributed by atoms with E-state index in [0.717, 1.165) is 10.9 Å². The van der Waals surface area contributed by atoms with Gasteiger partial charge in [-0.05, 0) is 17.9 Å². The van der Waals surface area contributed by atoms with E-state index in [0.29, 0.717) is 29.1 Å². The molecule has 1 saturated heterocycles. The second kappa shape index (κ2) is 6.67. The van der Waals surface area contributed by atoms with Crippen molar-refractivity contribution in [3.05, 3.63) is 51.8 Å². The minimum atomic E-state index is -2.74. The van der Waals surface area contributed by atoms with Crippen molar-refractivity contribution in [2.75, 3.05) is 18.0 Å². The molecule has 0 saturated carbocycles. The molecule has 6 nitrogen and oxygen atoms in total. The Bertz CT molecular complexity index is 1320. The Morgan fingerprint density at radius 1 is 1.28 bits per heavy atom. The zero-order valence-electron chi connectivity index (χ0n) is 18.1. The van der Waals surface area contributed by atoms with Crippen molar-refractivity contribution in [2.45, 2.75) is 45.6 Å². The maximum absolute atomic E-state index is 13.9. The minimum absolute atomic E-state index is 0.121. The van der Waals surface area contributed by atoms with Gasteiger partial charge < -0.3 is 19.0 Å². The molecule has 0 bridgehead atoms. The summed E-state index contributed by atoms with van der Waals surface area (Å²) in [4.78, 5) is 25.8. The van der Waals surface area contributed by atoms with Gasteiger partial charge in [0.25, 0.3) is 5.92 Å². The second-order valence-corrected chi connectivity index (χ2v) is 9.83. The Balaban J connectivity index is 1.75. The number of alkyl halides is 2. The van der Waals surface area contributed by atoms with Crippen molar-refractivity contribution in [3.63, 3.8) is 0 Å². The van der Waals surface area contributed by atoms with Crippen LogP contribution in [0.1, 0.15) is 49.2 Å². The van der Waals surface area contributed by atoms with Gasteiger partial charge in [0.05, 0.1) is 17.9 Å². The highest BCUT2D eigenvalue weighted by Crippen LogP contribution is 2.48. The number of benzene rings is 1. The summed E-state index contributed by atoms with van der Waals surface area (Å²) in [6.07, 6.45) is 1.76. The molecule has 3 aromatic rings. The van der Waals surface area contributed by atoms with Gasteiger partial charge in [0.2, 0.25) is 0 Å². The van der Waals surface area contributed by atoms with Crippen LogP contribution in [0.15, 0.2) is 39.7 Å². The maximum atomic E-state index is 13.9. The van der Waals surface area contributed by atoms with Crippen LogP contribution in [0.5, 0.6) is 0 Å². The third-order valence-electron chi connectivity index (χ3n) is 6.58. The molecule has 32 heavy (non-hydrogen) atoms. The average molecular weight is 442 g/mol. The van der Waals surface area contributed by atoms with Gasteiger partial charge in [-0.1, -0.05) is 32.9 Å². The van der Waals surface area contributed by atoms with Crippen molar-refractivity contribution in [3.8, 4) is 11.5 Å². The van der Waals surface area contributed by atoms with Gasteiger partial charge in [-0.2, -0.15) is 0 Å². The number of nitrogens with zero attached hydrogens (tertiary/aromatic N) is 2. The molecule has 0 aliphatic carbocycles. The number of pyridine rings is 1. The van der Waals surface area contributed by atoms with E-state index in [-0.39, 0.29) is 36.5 Å². The fraction of sp³-hybridized carbons (Fsp3) is 0.417. The van der Waals surface area contributed by atoms with E-state index in [1.165, 1.54) is 12.3 Å². The van der Waals surface area contributed by atoms with E-state index >= 15 is 0 Å². The quantitative estimate of drug-likeness (QED) is 0.608. The Morgan fingerprint density at radius 3 is 2.66 bits per heavy atom. The predicted octanol–water partition coefficient (Wildman–Crippen LogP) is 4.95. The molecular weight excluding hydrogens is 418 g/mol. The van der Waals surface area contributed by atoms with Gasteiger partial charge in [0, 0.05) is 42.2 Å². The van der Waals surface area contributed by atoms with Gasteiger partial charge >= 0.3 is 5.97 Å². The van der Waals surface area contributed by atoms with Crippen molar-refractivity contribution in [2.24, 2.45) is 5.41 Å². The van der Waals surface area contributed by atoms with Gasteiger partial charge in [0.1, 0.15) is 5.56 Å². The van der Waals surface area contributed by atoms with Gasteiger partial charge in [-0.3, -0.25) is 4.79 Å². The number of hydrogen-bond acceptors (Lipinski definition) is 4. The zero-order valence-corrected chi connectivity index (χ0v) is 18.1. The summed E-state index contributed by atoms with van der Waals surface area (Å²) in [5, 5.41) is 10.3. The number of carboxylic acid groups (broad SMARTS) is 1. The highest BCUT2D eigenvalue weighted by molar-refractivity contribution is 5.96. The molecule has 0 spiro atoms. The number of halogens is 2. The number of aromatic nitrogens is 1. The maximum Gasteiger partial charge on any atom is 0.341 e. The molecule has 168 valence electrons. The molecule has 0 amide bonds. The average Bonchev–Trinajstić information content (AvgIpc) is 3.25. The van der Waals surface area contributed by atoms with E-state index in [1.54, 1.807) is 11.0 Å². The molecule has 1 unspecified atom stereocenters. The molecular formula is C24H24F2N2O4. The van der Waals surface area contributed by atoms with Crippen LogP contribution in [0.3, 0.4) is 0 Å². The van der Waals surface area contributed by atoms with Crippen molar-refractivity contribution in [1.29, 1.82) is 0 Å². The predicted molar refractivity (Wildman–Crippen MR) is 117 cm³/mol. The van der Waals surface area contributed by atoms with E-state index in [4.69, 9.17) is 4.42 Å².